The van der Waals surface area contributed by atoms with Gasteiger partial charge >= 0.3 is 6.03 Å². The minimum Gasteiger partial charge on any atom is -0.385 e. The van der Waals surface area contributed by atoms with E-state index in [4.69, 9.17) is 4.74 Å². The lowest BCUT2D eigenvalue weighted by Gasteiger charge is -2.08. The van der Waals surface area contributed by atoms with Gasteiger partial charge in [0.25, 0.3) is 0 Å². The van der Waals surface area contributed by atoms with Crippen LogP contribution in [0.15, 0.2) is 29.2 Å². The zero-order chi connectivity index (χ0) is 12.5. The number of hydrogen-bond donors (Lipinski definition) is 2. The fourth-order valence-corrected chi connectivity index (χ4v) is 1.75. The summed E-state index contributed by atoms with van der Waals surface area (Å²) in [5, 5.41) is 5.56. The number of carbonyl (C=O) groups is 1. The van der Waals surface area contributed by atoms with E-state index in [1.165, 1.54) is 0 Å². The van der Waals surface area contributed by atoms with Crippen molar-refractivity contribution >= 4 is 23.5 Å². The predicted molar refractivity (Wildman–Crippen MR) is 71.7 cm³/mol. The van der Waals surface area contributed by atoms with Crippen LogP contribution in [-0.2, 0) is 4.74 Å². The maximum Gasteiger partial charge on any atom is 0.319 e. The van der Waals surface area contributed by atoms with Crippen LogP contribution in [-0.4, -0.2) is 32.5 Å². The second-order valence-corrected chi connectivity index (χ2v) is 4.34. The van der Waals surface area contributed by atoms with Crippen LogP contribution in [0.5, 0.6) is 0 Å². The van der Waals surface area contributed by atoms with Crippen LogP contribution in [0, 0.1) is 0 Å². The molecule has 0 fully saturated rings. The third kappa shape index (κ3) is 5.60. The monoisotopic (exact) mass is 254 g/mol. The van der Waals surface area contributed by atoms with Gasteiger partial charge in [0.2, 0.25) is 0 Å². The Bertz CT molecular complexity index is 358. The van der Waals surface area contributed by atoms with E-state index >= 15 is 0 Å². The summed E-state index contributed by atoms with van der Waals surface area (Å²) in [6.07, 6.45) is 2.82. The molecule has 0 aliphatic rings. The molecule has 17 heavy (non-hydrogen) atoms. The van der Waals surface area contributed by atoms with Gasteiger partial charge in [-0.3, -0.25) is 0 Å². The van der Waals surface area contributed by atoms with Crippen molar-refractivity contribution in [3.05, 3.63) is 24.3 Å². The van der Waals surface area contributed by atoms with Gasteiger partial charge in [0.1, 0.15) is 0 Å². The first-order valence-corrected chi connectivity index (χ1v) is 6.66. The second-order valence-electron chi connectivity index (χ2n) is 3.46. The quantitative estimate of drug-likeness (QED) is 0.606. The van der Waals surface area contributed by atoms with E-state index in [9.17, 15) is 4.79 Å². The lowest BCUT2D eigenvalue weighted by Crippen LogP contribution is -2.30. The van der Waals surface area contributed by atoms with Gasteiger partial charge in [-0.2, -0.15) is 0 Å². The summed E-state index contributed by atoms with van der Waals surface area (Å²) in [5.74, 6) is 0. The lowest BCUT2D eigenvalue weighted by atomic mass is 10.3. The number of amides is 2. The largest absolute Gasteiger partial charge is 0.385 e. The van der Waals surface area contributed by atoms with Crippen LogP contribution in [0.3, 0.4) is 0 Å². The van der Waals surface area contributed by atoms with Gasteiger partial charge in [0.15, 0.2) is 0 Å². The average molecular weight is 254 g/mol. The molecule has 0 spiro atoms. The van der Waals surface area contributed by atoms with Crippen molar-refractivity contribution in [2.45, 2.75) is 11.3 Å². The molecule has 1 rings (SSSR count). The molecule has 0 heterocycles. The highest BCUT2D eigenvalue weighted by molar-refractivity contribution is 7.98. The summed E-state index contributed by atoms with van der Waals surface area (Å²) in [6, 6.07) is 7.56. The number of methoxy groups -OCH3 is 1. The van der Waals surface area contributed by atoms with Crippen molar-refractivity contribution in [3.8, 4) is 0 Å². The maximum atomic E-state index is 11.5. The number of urea groups is 1. The molecule has 0 aromatic heterocycles. The molecular weight excluding hydrogens is 236 g/mol. The Labute approximate surface area is 106 Å². The molecule has 94 valence electrons. The lowest BCUT2D eigenvalue weighted by molar-refractivity contribution is 0.194. The van der Waals surface area contributed by atoms with Crippen LogP contribution < -0.4 is 10.6 Å². The number of rotatable bonds is 6. The smallest absolute Gasteiger partial charge is 0.319 e. The molecule has 1 aromatic carbocycles. The highest BCUT2D eigenvalue weighted by Gasteiger charge is 2.01. The fourth-order valence-electron chi connectivity index (χ4n) is 1.29. The third-order valence-corrected chi connectivity index (χ3v) is 2.86. The van der Waals surface area contributed by atoms with E-state index in [-0.39, 0.29) is 6.03 Å². The number of hydrogen-bond acceptors (Lipinski definition) is 3. The van der Waals surface area contributed by atoms with Crippen LogP contribution >= 0.6 is 11.8 Å². The Balaban J connectivity index is 2.34. The van der Waals surface area contributed by atoms with Gasteiger partial charge in [-0.05, 0) is 30.9 Å². The Morgan fingerprint density at radius 2 is 2.29 bits per heavy atom. The summed E-state index contributed by atoms with van der Waals surface area (Å²) in [6.45, 7) is 1.27. The van der Waals surface area contributed by atoms with Gasteiger partial charge in [-0.15, -0.1) is 11.8 Å². The molecule has 2 amide bonds. The van der Waals surface area contributed by atoms with Gasteiger partial charge in [0.05, 0.1) is 0 Å². The molecule has 0 aliphatic heterocycles. The zero-order valence-corrected chi connectivity index (χ0v) is 11.0. The SMILES string of the molecule is COCCCNC(=O)Nc1cccc(SC)c1. The van der Waals surface area contributed by atoms with E-state index in [1.54, 1.807) is 18.9 Å². The first-order valence-electron chi connectivity index (χ1n) is 5.44. The zero-order valence-electron chi connectivity index (χ0n) is 10.2. The summed E-state index contributed by atoms with van der Waals surface area (Å²) >= 11 is 1.65. The molecule has 2 N–H and O–H groups in total. The first kappa shape index (κ1) is 13.9. The fraction of sp³-hybridized carbons (Fsp3) is 0.417. The predicted octanol–water partition coefficient (Wildman–Crippen LogP) is 2.57. The van der Waals surface area contributed by atoms with Gasteiger partial charge in [-0.25, -0.2) is 4.79 Å². The van der Waals surface area contributed by atoms with Crippen molar-refractivity contribution in [2.24, 2.45) is 0 Å². The highest BCUT2D eigenvalue weighted by atomic mass is 32.2. The average Bonchev–Trinajstić information content (AvgIpc) is 2.35. The summed E-state index contributed by atoms with van der Waals surface area (Å²) in [7, 11) is 1.65. The Hall–Kier alpha value is -1.20. The van der Waals surface area contributed by atoms with Crippen molar-refractivity contribution in [1.29, 1.82) is 0 Å². The normalized spacial score (nSPS) is 10.0. The minimum absolute atomic E-state index is 0.181. The molecule has 1 aromatic rings. The Morgan fingerprint density at radius 3 is 3.00 bits per heavy atom. The summed E-state index contributed by atoms with van der Waals surface area (Å²) in [4.78, 5) is 12.6. The van der Waals surface area contributed by atoms with E-state index < -0.39 is 0 Å². The summed E-state index contributed by atoms with van der Waals surface area (Å²) in [5.41, 5.74) is 0.807. The van der Waals surface area contributed by atoms with Gasteiger partial charge in [0, 0.05) is 30.8 Å². The molecule has 0 aliphatic carbocycles. The molecule has 4 nitrogen and oxygen atoms in total. The molecule has 5 heteroatoms. The minimum atomic E-state index is -0.181. The number of anilines is 1. The molecule has 0 radical (unpaired) electrons. The standard InChI is InChI=1S/C12H18N2O2S/c1-16-8-4-7-13-12(15)14-10-5-3-6-11(9-10)17-2/h3,5-6,9H,4,7-8H2,1-2H3,(H2,13,14,15). The Morgan fingerprint density at radius 1 is 1.47 bits per heavy atom. The van der Waals surface area contributed by atoms with Crippen LogP contribution in [0.25, 0.3) is 0 Å². The number of carbonyl (C=O) groups excluding carboxylic acids is 1. The molecule has 0 saturated carbocycles. The highest BCUT2D eigenvalue weighted by Crippen LogP contribution is 2.18. The van der Waals surface area contributed by atoms with E-state index in [1.807, 2.05) is 30.5 Å². The van der Waals surface area contributed by atoms with Crippen molar-refractivity contribution in [1.82, 2.24) is 5.32 Å². The number of benzene rings is 1. The first-order chi connectivity index (χ1) is 8.26. The van der Waals surface area contributed by atoms with Crippen LogP contribution in [0.2, 0.25) is 0 Å². The molecule has 0 bridgehead atoms. The third-order valence-electron chi connectivity index (χ3n) is 2.14. The van der Waals surface area contributed by atoms with Crippen LogP contribution in [0.4, 0.5) is 10.5 Å². The number of thioether (sulfide) groups is 1. The molecule has 0 atom stereocenters. The topological polar surface area (TPSA) is 50.4 Å². The number of nitrogens with one attached hydrogen (secondary N) is 2. The maximum absolute atomic E-state index is 11.5. The van der Waals surface area contributed by atoms with E-state index in [2.05, 4.69) is 10.6 Å². The van der Waals surface area contributed by atoms with Gasteiger partial charge < -0.3 is 15.4 Å². The second kappa shape index (κ2) is 7.97. The van der Waals surface area contributed by atoms with Gasteiger partial charge in [-0.1, -0.05) is 6.07 Å². The molecular formula is C12H18N2O2S. The summed E-state index contributed by atoms with van der Waals surface area (Å²) < 4.78 is 4.90. The Kier molecular flexibility index (Phi) is 6.50. The molecule has 0 unspecified atom stereocenters. The van der Waals surface area contributed by atoms with Crippen molar-refractivity contribution in [3.63, 3.8) is 0 Å². The molecule has 0 saturated heterocycles. The van der Waals surface area contributed by atoms with Crippen molar-refractivity contribution in [2.75, 3.05) is 31.8 Å². The van der Waals surface area contributed by atoms with Crippen LogP contribution in [0.1, 0.15) is 6.42 Å². The van der Waals surface area contributed by atoms with Crippen molar-refractivity contribution < 1.29 is 9.53 Å². The number of ether oxygens (including phenoxy) is 1. The van der Waals surface area contributed by atoms with E-state index in [0.717, 1.165) is 17.0 Å². The van der Waals surface area contributed by atoms with E-state index in [0.29, 0.717) is 13.2 Å².